The number of carboxylic acid groups (broad SMARTS) is 1. The number of benzene rings is 2. The Bertz CT molecular complexity index is 1170. The van der Waals surface area contributed by atoms with Crippen LogP contribution in [0, 0.1) is 0 Å². The van der Waals surface area contributed by atoms with Crippen molar-refractivity contribution < 1.29 is 27.8 Å². The van der Waals surface area contributed by atoms with Crippen LogP contribution in [0.5, 0.6) is 5.75 Å². The second kappa shape index (κ2) is 8.06. The predicted molar refractivity (Wildman–Crippen MR) is 104 cm³/mol. The van der Waals surface area contributed by atoms with Gasteiger partial charge in [-0.2, -0.15) is 22.5 Å². The number of tetrazole rings is 1. The molecule has 1 heterocycles. The highest BCUT2D eigenvalue weighted by atomic mass is 35.5. The number of aromatic nitrogens is 4. The molecule has 31 heavy (non-hydrogen) atoms. The molecular formula is C19H16ClF3N4O4. The minimum absolute atomic E-state index is 0.0236. The van der Waals surface area contributed by atoms with E-state index in [2.05, 4.69) is 10.4 Å². The summed E-state index contributed by atoms with van der Waals surface area (Å²) in [5.41, 5.74) is -2.44. The Morgan fingerprint density at radius 2 is 1.77 bits per heavy atom. The molecule has 8 nitrogen and oxygen atoms in total. The van der Waals surface area contributed by atoms with Crippen molar-refractivity contribution in [2.24, 2.45) is 0 Å². The number of ether oxygens (including phenoxy) is 1. The van der Waals surface area contributed by atoms with Crippen molar-refractivity contribution in [2.45, 2.75) is 32.2 Å². The molecule has 0 aliphatic rings. The smallest absolute Gasteiger partial charge is 0.417 e. The van der Waals surface area contributed by atoms with Gasteiger partial charge in [0, 0.05) is 0 Å². The van der Waals surface area contributed by atoms with Crippen molar-refractivity contribution in [1.29, 1.82) is 0 Å². The lowest BCUT2D eigenvalue weighted by Crippen LogP contribution is -2.37. The van der Waals surface area contributed by atoms with Crippen LogP contribution in [-0.4, -0.2) is 36.5 Å². The van der Waals surface area contributed by atoms with E-state index in [1.54, 1.807) is 24.3 Å². The second-order valence-corrected chi connectivity index (χ2v) is 7.46. The molecule has 1 N–H and O–H groups in total. The van der Waals surface area contributed by atoms with Crippen molar-refractivity contribution in [1.82, 2.24) is 19.8 Å². The van der Waals surface area contributed by atoms with Gasteiger partial charge in [-0.25, -0.2) is 9.59 Å². The zero-order chi connectivity index (χ0) is 23.0. The maximum Gasteiger partial charge on any atom is 0.417 e. The highest BCUT2D eigenvalue weighted by Crippen LogP contribution is 2.35. The second-order valence-electron chi connectivity index (χ2n) is 7.05. The molecule has 2 aromatic carbocycles. The molecule has 0 fully saturated rings. The molecule has 12 heteroatoms. The topological polar surface area (TPSA) is 99.2 Å². The molecule has 0 radical (unpaired) electrons. The van der Waals surface area contributed by atoms with E-state index in [1.165, 1.54) is 13.8 Å². The van der Waals surface area contributed by atoms with Gasteiger partial charge in [0.05, 0.1) is 22.8 Å². The van der Waals surface area contributed by atoms with Crippen LogP contribution in [0.2, 0.25) is 5.02 Å². The van der Waals surface area contributed by atoms with Gasteiger partial charge in [-0.15, -0.1) is 0 Å². The fraction of sp³-hybridized carbons (Fsp3) is 0.263. The van der Waals surface area contributed by atoms with Crippen LogP contribution >= 0.6 is 11.6 Å². The quantitative estimate of drug-likeness (QED) is 0.610. The molecule has 3 aromatic rings. The van der Waals surface area contributed by atoms with E-state index in [0.717, 1.165) is 27.6 Å². The number of rotatable bonds is 6. The first-order chi connectivity index (χ1) is 14.4. The molecule has 0 aliphatic heterocycles. The van der Waals surface area contributed by atoms with E-state index in [1.807, 2.05) is 0 Å². The summed E-state index contributed by atoms with van der Waals surface area (Å²) in [5.74, 6) is -0.797. The Hall–Kier alpha value is -3.34. The van der Waals surface area contributed by atoms with Crippen LogP contribution in [-0.2, 0) is 17.5 Å². The SMILES string of the molecule is CC(C)(Oc1ccc(Cn2nnn(-c3ccc(C(F)(F)F)c(Cl)c3)c2=O)cc1)C(=O)O. The molecular weight excluding hydrogens is 441 g/mol. The lowest BCUT2D eigenvalue weighted by Gasteiger charge is -2.21. The van der Waals surface area contributed by atoms with Gasteiger partial charge in [0.1, 0.15) is 5.75 Å². The number of carbonyl (C=O) groups is 1. The summed E-state index contributed by atoms with van der Waals surface area (Å²) in [7, 11) is 0. The van der Waals surface area contributed by atoms with E-state index in [9.17, 15) is 22.8 Å². The summed E-state index contributed by atoms with van der Waals surface area (Å²) in [6.45, 7) is 2.85. The Morgan fingerprint density at radius 1 is 1.13 bits per heavy atom. The first-order valence-electron chi connectivity index (χ1n) is 8.80. The fourth-order valence-electron chi connectivity index (χ4n) is 2.58. The van der Waals surface area contributed by atoms with E-state index >= 15 is 0 Å². The molecule has 0 atom stereocenters. The van der Waals surface area contributed by atoms with Gasteiger partial charge in [-0.05, 0) is 60.2 Å². The number of hydrogen-bond donors (Lipinski definition) is 1. The molecule has 164 valence electrons. The van der Waals surface area contributed by atoms with Crippen LogP contribution in [0.4, 0.5) is 13.2 Å². The number of aliphatic carboxylic acids is 1. The minimum atomic E-state index is -4.62. The Balaban J connectivity index is 1.79. The van der Waals surface area contributed by atoms with E-state index in [0.29, 0.717) is 11.3 Å². The molecule has 0 unspecified atom stereocenters. The zero-order valence-electron chi connectivity index (χ0n) is 16.2. The summed E-state index contributed by atoms with van der Waals surface area (Å²) < 4.78 is 45.8. The van der Waals surface area contributed by atoms with Crippen LogP contribution in [0.3, 0.4) is 0 Å². The number of hydrogen-bond acceptors (Lipinski definition) is 5. The molecule has 0 bridgehead atoms. The number of alkyl halides is 3. The molecule has 1 aromatic heterocycles. The molecule has 3 rings (SSSR count). The summed E-state index contributed by atoms with van der Waals surface area (Å²) in [5, 5.41) is 16.0. The van der Waals surface area contributed by atoms with Crippen molar-refractivity contribution in [3.8, 4) is 11.4 Å². The summed E-state index contributed by atoms with van der Waals surface area (Å²) in [4.78, 5) is 23.7. The van der Waals surface area contributed by atoms with E-state index < -0.39 is 34.0 Å². The van der Waals surface area contributed by atoms with Crippen LogP contribution < -0.4 is 10.4 Å². The third kappa shape index (κ3) is 4.88. The Labute approximate surface area is 178 Å². The van der Waals surface area contributed by atoms with Crippen molar-refractivity contribution in [2.75, 3.05) is 0 Å². The average molecular weight is 457 g/mol. The number of nitrogens with zero attached hydrogens (tertiary/aromatic N) is 4. The zero-order valence-corrected chi connectivity index (χ0v) is 17.0. The van der Waals surface area contributed by atoms with Crippen molar-refractivity contribution in [3.63, 3.8) is 0 Å². The summed E-state index contributed by atoms with van der Waals surface area (Å²) in [6, 6.07) is 9.16. The van der Waals surface area contributed by atoms with Gasteiger partial charge in [0.15, 0.2) is 5.60 Å². The molecule has 0 amide bonds. The lowest BCUT2D eigenvalue weighted by atomic mass is 10.1. The first-order valence-corrected chi connectivity index (χ1v) is 9.17. The number of halogens is 4. The van der Waals surface area contributed by atoms with Crippen LogP contribution in [0.15, 0.2) is 47.3 Å². The van der Waals surface area contributed by atoms with E-state index in [-0.39, 0.29) is 12.2 Å². The Morgan fingerprint density at radius 3 is 2.32 bits per heavy atom. The molecule has 0 aliphatic carbocycles. The third-order valence-corrected chi connectivity index (χ3v) is 4.60. The predicted octanol–water partition coefficient (Wildman–Crippen LogP) is 3.39. The molecule has 0 saturated carbocycles. The van der Waals surface area contributed by atoms with Gasteiger partial charge < -0.3 is 9.84 Å². The van der Waals surface area contributed by atoms with Gasteiger partial charge >= 0.3 is 17.8 Å². The van der Waals surface area contributed by atoms with Crippen LogP contribution in [0.25, 0.3) is 5.69 Å². The van der Waals surface area contributed by atoms with E-state index in [4.69, 9.17) is 21.4 Å². The highest BCUT2D eigenvalue weighted by Gasteiger charge is 2.33. The minimum Gasteiger partial charge on any atom is -0.478 e. The maximum atomic E-state index is 12.8. The third-order valence-electron chi connectivity index (χ3n) is 4.29. The maximum absolute atomic E-state index is 12.8. The van der Waals surface area contributed by atoms with Gasteiger partial charge in [-0.3, -0.25) is 0 Å². The standard InChI is InChI=1S/C19H16ClF3N4O4/c1-18(2,16(28)29)31-13-6-3-11(4-7-13)10-26-17(30)27(25-24-26)12-5-8-14(15(20)9-12)19(21,22)23/h3-9H,10H2,1-2H3,(H,28,29). The lowest BCUT2D eigenvalue weighted by molar-refractivity contribution is -0.152. The highest BCUT2D eigenvalue weighted by molar-refractivity contribution is 6.31. The summed E-state index contributed by atoms with van der Waals surface area (Å²) >= 11 is 5.69. The first kappa shape index (κ1) is 22.3. The largest absolute Gasteiger partial charge is 0.478 e. The number of carboxylic acids is 1. The van der Waals surface area contributed by atoms with Gasteiger partial charge in [-0.1, -0.05) is 23.7 Å². The molecule has 0 saturated heterocycles. The summed E-state index contributed by atoms with van der Waals surface area (Å²) in [6.07, 6.45) is -4.62. The Kier molecular flexibility index (Phi) is 5.81. The van der Waals surface area contributed by atoms with Crippen molar-refractivity contribution >= 4 is 17.6 Å². The normalized spacial score (nSPS) is 12.1. The van der Waals surface area contributed by atoms with Crippen LogP contribution in [0.1, 0.15) is 25.0 Å². The average Bonchev–Trinajstić information content (AvgIpc) is 3.02. The van der Waals surface area contributed by atoms with Gasteiger partial charge in [0.2, 0.25) is 0 Å². The molecule has 0 spiro atoms. The van der Waals surface area contributed by atoms with Crippen molar-refractivity contribution in [3.05, 3.63) is 69.1 Å². The van der Waals surface area contributed by atoms with Gasteiger partial charge in [0.25, 0.3) is 0 Å². The monoisotopic (exact) mass is 456 g/mol. The fourth-order valence-corrected chi connectivity index (χ4v) is 2.86.